The number of nitrogens with zero attached hydrogens (tertiary/aromatic N) is 6. The van der Waals surface area contributed by atoms with Crippen LogP contribution in [-0.2, 0) is 0 Å². The molecule has 0 spiro atoms. The maximum absolute atomic E-state index is 12.9. The number of rotatable bonds is 3. The molecule has 0 unspecified atom stereocenters. The van der Waals surface area contributed by atoms with E-state index in [4.69, 9.17) is 16.3 Å². The number of ether oxygens (including phenoxy) is 1. The molecule has 1 saturated heterocycles. The van der Waals surface area contributed by atoms with Crippen molar-refractivity contribution in [1.29, 1.82) is 0 Å². The van der Waals surface area contributed by atoms with E-state index in [9.17, 15) is 4.79 Å². The second kappa shape index (κ2) is 6.87. The number of hydrogen-bond donors (Lipinski definition) is 0. The number of pyridine rings is 1. The lowest BCUT2D eigenvalue weighted by Gasteiger charge is -2.32. The summed E-state index contributed by atoms with van der Waals surface area (Å²) in [6, 6.07) is 3.48. The standard InChI is InChI=1S/C17H17ClN6O2/c1-11-6-15(24-17(22-11)20-10-21-24)16(25)23-4-2-13(3-5-23)26-14-7-12(18)8-19-9-14/h6-10,13H,2-5H2,1H3. The second-order valence-electron chi connectivity index (χ2n) is 6.20. The van der Waals surface area contributed by atoms with E-state index in [1.165, 1.54) is 10.8 Å². The zero-order valence-electron chi connectivity index (χ0n) is 14.2. The van der Waals surface area contributed by atoms with Crippen molar-refractivity contribution in [2.75, 3.05) is 13.1 Å². The van der Waals surface area contributed by atoms with Gasteiger partial charge in [0.2, 0.25) is 0 Å². The van der Waals surface area contributed by atoms with Crippen molar-refractivity contribution in [1.82, 2.24) is 29.5 Å². The first-order chi connectivity index (χ1) is 12.6. The van der Waals surface area contributed by atoms with Crippen molar-refractivity contribution in [2.24, 2.45) is 0 Å². The smallest absolute Gasteiger partial charge is 0.272 e. The molecule has 1 fully saturated rings. The summed E-state index contributed by atoms with van der Waals surface area (Å²) in [5.74, 6) is 1.00. The predicted octanol–water partition coefficient (Wildman–Crippen LogP) is 2.16. The highest BCUT2D eigenvalue weighted by atomic mass is 35.5. The third kappa shape index (κ3) is 3.32. The Labute approximate surface area is 154 Å². The van der Waals surface area contributed by atoms with Gasteiger partial charge in [0.1, 0.15) is 23.9 Å². The molecule has 3 aromatic rings. The third-order valence-corrected chi connectivity index (χ3v) is 4.52. The lowest BCUT2D eigenvalue weighted by atomic mass is 10.1. The summed E-state index contributed by atoms with van der Waals surface area (Å²) in [6.45, 7) is 3.05. The van der Waals surface area contributed by atoms with Gasteiger partial charge in [0, 0.05) is 43.9 Å². The Morgan fingerprint density at radius 1 is 1.27 bits per heavy atom. The van der Waals surface area contributed by atoms with Crippen molar-refractivity contribution in [2.45, 2.75) is 25.9 Å². The normalized spacial score (nSPS) is 15.4. The Morgan fingerprint density at radius 3 is 2.85 bits per heavy atom. The average Bonchev–Trinajstić information content (AvgIpc) is 3.09. The van der Waals surface area contributed by atoms with Gasteiger partial charge in [0.25, 0.3) is 11.7 Å². The molecule has 134 valence electrons. The fourth-order valence-electron chi connectivity index (χ4n) is 3.07. The first-order valence-electron chi connectivity index (χ1n) is 8.34. The molecule has 1 amide bonds. The monoisotopic (exact) mass is 372 g/mol. The largest absolute Gasteiger partial charge is 0.489 e. The van der Waals surface area contributed by atoms with E-state index in [0.717, 1.165) is 18.5 Å². The van der Waals surface area contributed by atoms with E-state index >= 15 is 0 Å². The molecule has 1 aliphatic heterocycles. The Balaban J connectivity index is 1.44. The van der Waals surface area contributed by atoms with Crippen molar-refractivity contribution >= 4 is 23.3 Å². The Bertz CT molecular complexity index is 951. The molecule has 0 radical (unpaired) electrons. The van der Waals surface area contributed by atoms with Gasteiger partial charge in [-0.1, -0.05) is 11.6 Å². The minimum absolute atomic E-state index is 0.0323. The van der Waals surface area contributed by atoms with Crippen LogP contribution < -0.4 is 4.74 Å². The summed E-state index contributed by atoms with van der Waals surface area (Å²) >= 11 is 5.93. The van der Waals surface area contributed by atoms with Crippen LogP contribution in [0.3, 0.4) is 0 Å². The van der Waals surface area contributed by atoms with E-state index in [1.54, 1.807) is 24.5 Å². The molecule has 26 heavy (non-hydrogen) atoms. The van der Waals surface area contributed by atoms with Gasteiger partial charge in [-0.05, 0) is 13.0 Å². The zero-order valence-corrected chi connectivity index (χ0v) is 14.9. The molecule has 9 heteroatoms. The van der Waals surface area contributed by atoms with Crippen molar-refractivity contribution in [3.8, 4) is 5.75 Å². The minimum atomic E-state index is -0.0751. The SMILES string of the molecule is Cc1cc(C(=O)N2CCC(Oc3cncc(Cl)c3)CC2)n2ncnc2n1. The summed E-state index contributed by atoms with van der Waals surface area (Å²) in [6.07, 6.45) is 6.12. The molecule has 1 aliphatic rings. The van der Waals surface area contributed by atoms with Gasteiger partial charge in [0.15, 0.2) is 0 Å². The van der Waals surface area contributed by atoms with Crippen LogP contribution >= 0.6 is 11.6 Å². The van der Waals surface area contributed by atoms with E-state index in [-0.39, 0.29) is 12.0 Å². The number of hydrogen-bond acceptors (Lipinski definition) is 6. The van der Waals surface area contributed by atoms with Gasteiger partial charge in [0.05, 0.1) is 11.2 Å². The number of piperidine rings is 1. The molecule has 0 N–H and O–H groups in total. The first-order valence-corrected chi connectivity index (χ1v) is 8.72. The molecule has 3 aromatic heterocycles. The van der Waals surface area contributed by atoms with Gasteiger partial charge >= 0.3 is 0 Å². The van der Waals surface area contributed by atoms with Crippen LogP contribution in [0.4, 0.5) is 0 Å². The summed E-state index contributed by atoms with van der Waals surface area (Å²) < 4.78 is 7.41. The fraction of sp³-hybridized carbons (Fsp3) is 0.353. The Kier molecular flexibility index (Phi) is 4.42. The number of likely N-dealkylation sites (tertiary alicyclic amines) is 1. The summed E-state index contributed by atoms with van der Waals surface area (Å²) in [5.41, 5.74) is 1.21. The second-order valence-corrected chi connectivity index (χ2v) is 6.64. The number of carbonyl (C=O) groups is 1. The molecular weight excluding hydrogens is 356 g/mol. The maximum atomic E-state index is 12.9. The molecule has 4 rings (SSSR count). The molecular formula is C17H17ClN6O2. The molecule has 8 nitrogen and oxygen atoms in total. The van der Waals surface area contributed by atoms with Crippen molar-refractivity contribution in [3.63, 3.8) is 0 Å². The van der Waals surface area contributed by atoms with Crippen LogP contribution in [0.5, 0.6) is 5.75 Å². The quantitative estimate of drug-likeness (QED) is 0.700. The van der Waals surface area contributed by atoms with Crippen molar-refractivity contribution < 1.29 is 9.53 Å². The van der Waals surface area contributed by atoms with Crippen LogP contribution in [0, 0.1) is 6.92 Å². The van der Waals surface area contributed by atoms with Gasteiger partial charge in [-0.25, -0.2) is 4.98 Å². The van der Waals surface area contributed by atoms with E-state index in [0.29, 0.717) is 35.3 Å². The van der Waals surface area contributed by atoms with E-state index in [2.05, 4.69) is 20.1 Å². The lowest BCUT2D eigenvalue weighted by molar-refractivity contribution is 0.0586. The maximum Gasteiger partial charge on any atom is 0.272 e. The first kappa shape index (κ1) is 16.7. The molecule has 0 atom stereocenters. The van der Waals surface area contributed by atoms with Crippen LogP contribution in [-0.4, -0.2) is 54.6 Å². The number of aromatic nitrogens is 5. The zero-order chi connectivity index (χ0) is 18.1. The Hall–Kier alpha value is -2.74. The highest BCUT2D eigenvalue weighted by molar-refractivity contribution is 6.30. The van der Waals surface area contributed by atoms with Crippen LogP contribution in [0.1, 0.15) is 29.0 Å². The van der Waals surface area contributed by atoms with Gasteiger partial charge < -0.3 is 9.64 Å². The summed E-state index contributed by atoms with van der Waals surface area (Å²) in [4.78, 5) is 27.1. The summed E-state index contributed by atoms with van der Waals surface area (Å²) in [7, 11) is 0. The Morgan fingerprint density at radius 2 is 2.08 bits per heavy atom. The number of carbonyl (C=O) groups excluding carboxylic acids is 1. The topological polar surface area (TPSA) is 85.5 Å². The van der Waals surface area contributed by atoms with E-state index < -0.39 is 0 Å². The third-order valence-electron chi connectivity index (χ3n) is 4.31. The van der Waals surface area contributed by atoms with Gasteiger partial charge in [-0.3, -0.25) is 9.78 Å². The highest BCUT2D eigenvalue weighted by Gasteiger charge is 2.26. The number of fused-ring (bicyclic) bond motifs is 1. The number of amides is 1. The van der Waals surface area contributed by atoms with Crippen molar-refractivity contribution in [3.05, 3.63) is 47.3 Å². The molecule has 0 bridgehead atoms. The number of halogens is 1. The fourth-order valence-corrected chi connectivity index (χ4v) is 3.23. The minimum Gasteiger partial charge on any atom is -0.489 e. The number of aryl methyl sites for hydroxylation is 1. The molecule has 0 aliphatic carbocycles. The van der Waals surface area contributed by atoms with Gasteiger partial charge in [-0.2, -0.15) is 14.6 Å². The van der Waals surface area contributed by atoms with Crippen LogP contribution in [0.15, 0.2) is 30.9 Å². The van der Waals surface area contributed by atoms with Gasteiger partial charge in [-0.15, -0.1) is 0 Å². The molecule has 0 aromatic carbocycles. The highest BCUT2D eigenvalue weighted by Crippen LogP contribution is 2.22. The molecule has 4 heterocycles. The summed E-state index contributed by atoms with van der Waals surface area (Å²) in [5, 5.41) is 4.65. The molecule has 0 saturated carbocycles. The average molecular weight is 373 g/mol. The van der Waals surface area contributed by atoms with Crippen LogP contribution in [0.2, 0.25) is 5.02 Å². The predicted molar refractivity (Wildman–Crippen MR) is 94.3 cm³/mol. The lowest BCUT2D eigenvalue weighted by Crippen LogP contribution is -2.42. The van der Waals surface area contributed by atoms with E-state index in [1.807, 2.05) is 11.8 Å². The van der Waals surface area contributed by atoms with Crippen LogP contribution in [0.25, 0.3) is 5.78 Å².